The molecule has 0 fully saturated rings. The normalized spacial score (nSPS) is 14.4. The number of rotatable bonds is 32. The molecule has 0 heterocycles. The van der Waals surface area contributed by atoms with Crippen LogP contribution in [0.3, 0.4) is 0 Å². The molecule has 1 amide bonds. The molecule has 11 nitrogen and oxygen atoms in total. The first-order chi connectivity index (χ1) is 23.0. The fraction of sp³-hybridized carbons (Fsp3) is 0.892. The fourth-order valence-electron chi connectivity index (χ4n) is 5.11. The van der Waals surface area contributed by atoms with Gasteiger partial charge in [-0.15, -0.1) is 0 Å². The van der Waals surface area contributed by atoms with Crippen LogP contribution in [-0.2, 0) is 33.4 Å². The van der Waals surface area contributed by atoms with E-state index in [9.17, 15) is 19.2 Å². The van der Waals surface area contributed by atoms with E-state index in [-0.39, 0.29) is 69.5 Å². The van der Waals surface area contributed by atoms with E-state index in [1.807, 2.05) is 20.8 Å². The number of nitrogens with two attached hydrogens (primary N) is 3. The van der Waals surface area contributed by atoms with Crippen LogP contribution in [0.25, 0.3) is 0 Å². The lowest BCUT2D eigenvalue weighted by atomic mass is 10.0. The van der Waals surface area contributed by atoms with E-state index >= 15 is 0 Å². The Morgan fingerprint density at radius 3 is 1.12 bits per heavy atom. The summed E-state index contributed by atoms with van der Waals surface area (Å²) in [5, 5.41) is 2.92. The number of unbranched alkanes of at least 4 members (excludes halogenated alkanes) is 11. The first kappa shape index (κ1) is 45.8. The van der Waals surface area contributed by atoms with Crippen molar-refractivity contribution in [3.05, 3.63) is 0 Å². The lowest BCUT2D eigenvalue weighted by Gasteiger charge is -2.33. The first-order valence-corrected chi connectivity index (χ1v) is 19.0. The Morgan fingerprint density at radius 2 is 0.812 bits per heavy atom. The smallest absolute Gasteiger partial charge is 0.305 e. The Morgan fingerprint density at radius 1 is 0.500 bits per heavy atom. The third-order valence-corrected chi connectivity index (χ3v) is 8.92. The van der Waals surface area contributed by atoms with Gasteiger partial charge in [0.1, 0.15) is 25.4 Å². The van der Waals surface area contributed by atoms with Gasteiger partial charge in [-0.3, -0.25) is 19.2 Å². The summed E-state index contributed by atoms with van der Waals surface area (Å²) >= 11 is 0. The van der Waals surface area contributed by atoms with Crippen LogP contribution in [0.15, 0.2) is 0 Å². The molecule has 48 heavy (non-hydrogen) atoms. The van der Waals surface area contributed by atoms with Gasteiger partial charge in [-0.1, -0.05) is 98.3 Å². The van der Waals surface area contributed by atoms with Gasteiger partial charge >= 0.3 is 17.9 Å². The van der Waals surface area contributed by atoms with E-state index in [1.54, 1.807) is 0 Å². The molecule has 0 saturated heterocycles. The average Bonchev–Trinajstić information content (AvgIpc) is 3.09. The molecule has 0 aromatic heterocycles. The maximum atomic E-state index is 13.3. The Kier molecular flexibility index (Phi) is 28.3. The minimum absolute atomic E-state index is 0.0985. The van der Waals surface area contributed by atoms with Crippen LogP contribution in [0.1, 0.15) is 169 Å². The van der Waals surface area contributed by atoms with Gasteiger partial charge in [-0.05, 0) is 44.9 Å². The van der Waals surface area contributed by atoms with Gasteiger partial charge in [-0.25, -0.2) is 0 Å². The number of esters is 3. The molecule has 0 aromatic carbocycles. The van der Waals surface area contributed by atoms with E-state index in [1.165, 1.54) is 51.4 Å². The second-order valence-corrected chi connectivity index (χ2v) is 13.6. The van der Waals surface area contributed by atoms with Crippen LogP contribution in [0.2, 0.25) is 0 Å². The molecule has 0 aliphatic carbocycles. The SMILES string of the molecule is CCCCCCCCCCCCCCC(=O)NC(COC(=O)CCC(N)CC)(COC(=O)CCC(N)CC)COC(=O)CCC(N)CC. The molecule has 0 aliphatic heterocycles. The van der Waals surface area contributed by atoms with Gasteiger partial charge in [0.2, 0.25) is 5.91 Å². The Hall–Kier alpha value is -2.24. The van der Waals surface area contributed by atoms with E-state index in [4.69, 9.17) is 31.4 Å². The second-order valence-electron chi connectivity index (χ2n) is 13.6. The third kappa shape index (κ3) is 25.7. The summed E-state index contributed by atoms with van der Waals surface area (Å²) < 4.78 is 16.8. The first-order valence-electron chi connectivity index (χ1n) is 19.0. The van der Waals surface area contributed by atoms with Gasteiger partial charge in [0.15, 0.2) is 0 Å². The van der Waals surface area contributed by atoms with E-state index in [0.29, 0.717) is 25.7 Å². The molecule has 0 rings (SSSR count). The average molecular weight is 685 g/mol. The lowest BCUT2D eigenvalue weighted by Crippen LogP contribution is -2.59. The summed E-state index contributed by atoms with van der Waals surface area (Å²) in [4.78, 5) is 51.2. The highest BCUT2D eigenvalue weighted by Crippen LogP contribution is 2.16. The Labute approximate surface area is 291 Å². The molecule has 0 radical (unpaired) electrons. The van der Waals surface area contributed by atoms with E-state index < -0.39 is 23.4 Å². The predicted molar refractivity (Wildman–Crippen MR) is 192 cm³/mol. The van der Waals surface area contributed by atoms with Crippen molar-refractivity contribution >= 4 is 23.8 Å². The zero-order chi connectivity index (χ0) is 36.0. The summed E-state index contributed by atoms with van der Waals surface area (Å²) in [5.74, 6) is -1.80. The molecule has 0 spiro atoms. The molecule has 3 unspecified atom stereocenters. The Balaban J connectivity index is 5.38. The molecule has 0 saturated carbocycles. The molecule has 282 valence electrons. The van der Waals surface area contributed by atoms with E-state index in [0.717, 1.165) is 38.5 Å². The maximum absolute atomic E-state index is 13.3. The van der Waals surface area contributed by atoms with Crippen LogP contribution in [-0.4, -0.2) is 67.3 Å². The quantitative estimate of drug-likeness (QED) is 0.0366. The van der Waals surface area contributed by atoms with Gasteiger partial charge in [0.05, 0.1) is 0 Å². The summed E-state index contributed by atoms with van der Waals surface area (Å²) in [6.07, 6.45) is 18.2. The zero-order valence-corrected chi connectivity index (χ0v) is 31.0. The van der Waals surface area contributed by atoms with Crippen molar-refractivity contribution in [2.24, 2.45) is 17.2 Å². The second kappa shape index (κ2) is 29.7. The van der Waals surface area contributed by atoms with Crippen LogP contribution in [0.5, 0.6) is 0 Å². The number of hydrogen-bond acceptors (Lipinski definition) is 10. The van der Waals surface area contributed by atoms with Gasteiger partial charge in [0, 0.05) is 43.8 Å². The summed E-state index contributed by atoms with van der Waals surface area (Å²) in [6, 6.07) is -0.407. The molecule has 0 aromatic rings. The van der Waals surface area contributed by atoms with Gasteiger partial charge in [0.25, 0.3) is 0 Å². The van der Waals surface area contributed by atoms with Crippen LogP contribution in [0, 0.1) is 0 Å². The lowest BCUT2D eigenvalue weighted by molar-refractivity contribution is -0.159. The van der Waals surface area contributed by atoms with Crippen LogP contribution in [0.4, 0.5) is 0 Å². The monoisotopic (exact) mass is 685 g/mol. The van der Waals surface area contributed by atoms with Gasteiger partial charge < -0.3 is 36.7 Å². The fourth-order valence-corrected chi connectivity index (χ4v) is 5.11. The van der Waals surface area contributed by atoms with Crippen molar-refractivity contribution in [2.45, 2.75) is 193 Å². The number of carbonyl (C=O) groups excluding carboxylic acids is 4. The third-order valence-electron chi connectivity index (χ3n) is 8.92. The Bertz CT molecular complexity index is 783. The topological polar surface area (TPSA) is 186 Å². The molecule has 7 N–H and O–H groups in total. The number of nitrogens with one attached hydrogen (secondary N) is 1. The summed E-state index contributed by atoms with van der Waals surface area (Å²) in [6.45, 7) is 7.06. The zero-order valence-electron chi connectivity index (χ0n) is 31.0. The van der Waals surface area contributed by atoms with Crippen LogP contribution < -0.4 is 22.5 Å². The highest BCUT2D eigenvalue weighted by atomic mass is 16.6. The molecule has 3 atom stereocenters. The molecular weight excluding hydrogens is 612 g/mol. The number of ether oxygens (including phenoxy) is 3. The van der Waals surface area contributed by atoms with Crippen molar-refractivity contribution in [2.75, 3.05) is 19.8 Å². The van der Waals surface area contributed by atoms with E-state index in [2.05, 4.69) is 12.2 Å². The van der Waals surface area contributed by atoms with Gasteiger partial charge in [-0.2, -0.15) is 0 Å². The number of carbonyl (C=O) groups is 4. The highest BCUT2D eigenvalue weighted by molar-refractivity contribution is 5.77. The maximum Gasteiger partial charge on any atom is 0.305 e. The minimum Gasteiger partial charge on any atom is -0.463 e. The van der Waals surface area contributed by atoms with Crippen molar-refractivity contribution < 1.29 is 33.4 Å². The molecular formula is C37H72N4O7. The standard InChI is InChI=1S/C37H72N4O7/c1-5-9-10-11-12-13-14-15-16-17-18-19-20-33(42)41-37(27-46-34(43)24-21-30(38)6-2,28-47-35(44)25-22-31(39)7-3)29-48-36(45)26-23-32(40)8-4/h30-32H,5-29,38-40H2,1-4H3,(H,41,42). The van der Waals surface area contributed by atoms with Crippen molar-refractivity contribution in [1.29, 1.82) is 0 Å². The molecule has 11 heteroatoms. The predicted octanol–water partition coefficient (Wildman–Crippen LogP) is 6.11. The van der Waals surface area contributed by atoms with Crippen molar-refractivity contribution in [3.8, 4) is 0 Å². The largest absolute Gasteiger partial charge is 0.463 e. The number of amides is 1. The number of hydrogen-bond donors (Lipinski definition) is 4. The summed E-state index contributed by atoms with van der Waals surface area (Å²) in [7, 11) is 0. The van der Waals surface area contributed by atoms with Crippen molar-refractivity contribution in [1.82, 2.24) is 5.32 Å². The van der Waals surface area contributed by atoms with Crippen LogP contribution >= 0.6 is 0 Å². The summed E-state index contributed by atoms with van der Waals surface area (Å²) in [5.41, 5.74) is 16.5. The molecule has 0 bridgehead atoms. The minimum atomic E-state index is -1.46. The highest BCUT2D eigenvalue weighted by Gasteiger charge is 2.37. The van der Waals surface area contributed by atoms with Crippen molar-refractivity contribution in [3.63, 3.8) is 0 Å². The molecule has 0 aliphatic rings.